The van der Waals surface area contributed by atoms with Gasteiger partial charge in [-0.2, -0.15) is 0 Å². The van der Waals surface area contributed by atoms with Crippen LogP contribution in [0.2, 0.25) is 0 Å². The van der Waals surface area contributed by atoms with E-state index in [1.807, 2.05) is 0 Å². The Kier molecular flexibility index (Phi) is 5.59. The lowest BCUT2D eigenvalue weighted by molar-refractivity contribution is -0.212. The van der Waals surface area contributed by atoms with Gasteiger partial charge < -0.3 is 24.4 Å². The van der Waals surface area contributed by atoms with Gasteiger partial charge in [0.25, 0.3) is 0 Å². The van der Waals surface area contributed by atoms with Crippen LogP contribution in [0.4, 0.5) is 0 Å². The van der Waals surface area contributed by atoms with Crippen molar-refractivity contribution in [3.8, 4) is 0 Å². The standard InChI is InChI=1S/C24H29ClO9/c1-9-15(25)19-24(31,10(2)21(29)34-19)20(33-12(4)27)17-22(5)13(16(9)32-11(3)26)7-8-14(22)18(28)23(17,6)30/h7-8,10,13-17,19-20,30-31H,1H2,2-6H3/t10-,13+,14-,15-,16+,17+,19-,20-,22-,23-,24-/m0/s1. The maximum atomic E-state index is 13.4. The molecule has 34 heavy (non-hydrogen) atoms. The van der Waals surface area contributed by atoms with E-state index in [4.69, 9.17) is 25.8 Å². The number of Topliss-reactive ketones (excluding diaryl/α,β-unsaturated/α-hetero) is 1. The number of hydrogen-bond acceptors (Lipinski definition) is 9. The molecule has 0 bridgehead atoms. The second-order valence-electron chi connectivity index (χ2n) is 10.2. The fourth-order valence-corrected chi connectivity index (χ4v) is 7.10. The van der Waals surface area contributed by atoms with Crippen LogP contribution in [0.1, 0.15) is 34.6 Å². The van der Waals surface area contributed by atoms with E-state index in [1.165, 1.54) is 20.8 Å². The molecule has 10 heteroatoms. The average Bonchev–Trinajstić information content (AvgIpc) is 3.23. The van der Waals surface area contributed by atoms with Crippen LogP contribution in [-0.2, 0) is 33.4 Å². The van der Waals surface area contributed by atoms with Gasteiger partial charge in [-0.25, -0.2) is 0 Å². The van der Waals surface area contributed by atoms with Crippen LogP contribution < -0.4 is 0 Å². The lowest BCUT2D eigenvalue weighted by atomic mass is 9.60. The number of hydrogen-bond donors (Lipinski definition) is 2. The number of alkyl halides is 1. The second kappa shape index (κ2) is 7.63. The van der Waals surface area contributed by atoms with Gasteiger partial charge in [-0.05, 0) is 19.4 Å². The highest BCUT2D eigenvalue weighted by atomic mass is 35.5. The molecule has 186 valence electrons. The molecule has 4 rings (SSSR count). The highest BCUT2D eigenvalue weighted by Gasteiger charge is 2.76. The van der Waals surface area contributed by atoms with E-state index in [0.717, 1.165) is 6.92 Å². The van der Waals surface area contributed by atoms with Crippen LogP contribution in [0.3, 0.4) is 0 Å². The van der Waals surface area contributed by atoms with E-state index < -0.39 is 87.7 Å². The Morgan fingerprint density at radius 3 is 2.26 bits per heavy atom. The molecule has 1 aliphatic heterocycles. The number of ether oxygens (including phenoxy) is 3. The number of aliphatic hydroxyl groups is 2. The Bertz CT molecular complexity index is 1020. The first-order valence-electron chi connectivity index (χ1n) is 11.2. The Balaban J connectivity index is 2.05. The van der Waals surface area contributed by atoms with Crippen molar-refractivity contribution in [3.63, 3.8) is 0 Å². The Morgan fingerprint density at radius 2 is 1.71 bits per heavy atom. The predicted octanol–water partition coefficient (Wildman–Crippen LogP) is 1.08. The number of allylic oxidation sites excluding steroid dienone is 1. The van der Waals surface area contributed by atoms with Crippen LogP contribution in [0.25, 0.3) is 0 Å². The summed E-state index contributed by atoms with van der Waals surface area (Å²) in [6.45, 7) is 10.8. The number of fused-ring (bicyclic) bond motifs is 1. The minimum Gasteiger partial charge on any atom is -0.459 e. The predicted molar refractivity (Wildman–Crippen MR) is 117 cm³/mol. The van der Waals surface area contributed by atoms with Crippen LogP contribution in [0.5, 0.6) is 0 Å². The van der Waals surface area contributed by atoms with Gasteiger partial charge >= 0.3 is 17.9 Å². The van der Waals surface area contributed by atoms with E-state index in [1.54, 1.807) is 19.1 Å². The molecular weight excluding hydrogens is 468 g/mol. The Hall–Kier alpha value is -2.23. The zero-order valence-electron chi connectivity index (χ0n) is 19.6. The van der Waals surface area contributed by atoms with Gasteiger partial charge in [-0.3, -0.25) is 19.2 Å². The molecule has 0 aromatic heterocycles. The van der Waals surface area contributed by atoms with E-state index >= 15 is 0 Å². The fourth-order valence-electron chi connectivity index (χ4n) is 6.72. The first-order chi connectivity index (χ1) is 15.6. The quantitative estimate of drug-likeness (QED) is 0.249. The molecule has 3 aliphatic carbocycles. The third kappa shape index (κ3) is 2.99. The number of halogens is 1. The van der Waals surface area contributed by atoms with Crippen molar-refractivity contribution >= 4 is 35.3 Å². The molecule has 2 N–H and O–H groups in total. The highest BCUT2D eigenvalue weighted by Crippen LogP contribution is 2.65. The van der Waals surface area contributed by atoms with Gasteiger partial charge in [0, 0.05) is 37.0 Å². The van der Waals surface area contributed by atoms with Crippen molar-refractivity contribution in [3.05, 3.63) is 24.3 Å². The summed E-state index contributed by atoms with van der Waals surface area (Å²) in [6, 6.07) is 0. The maximum Gasteiger partial charge on any atom is 0.312 e. The molecule has 0 spiro atoms. The second-order valence-corrected chi connectivity index (χ2v) is 10.7. The SMILES string of the molecule is C=C1[C@@H](OC(C)=O)[C@H]2C=C[C@H]3C(=O)[C@@](C)(O)[C@H]([C@H](OC(C)=O)[C@]4(O)[C@@H](C)C(=O)O[C@H]4[C@H]1Cl)[C@@]23C. The molecule has 4 aliphatic rings. The number of carbonyl (C=O) groups is 4. The molecule has 3 fully saturated rings. The lowest BCUT2D eigenvalue weighted by Crippen LogP contribution is -2.64. The van der Waals surface area contributed by atoms with Gasteiger partial charge in [0.1, 0.15) is 17.8 Å². The monoisotopic (exact) mass is 496 g/mol. The van der Waals surface area contributed by atoms with Gasteiger partial charge in [-0.1, -0.05) is 25.7 Å². The summed E-state index contributed by atoms with van der Waals surface area (Å²) in [7, 11) is 0. The largest absolute Gasteiger partial charge is 0.459 e. The van der Waals surface area contributed by atoms with E-state index in [9.17, 15) is 29.4 Å². The summed E-state index contributed by atoms with van der Waals surface area (Å²) >= 11 is 6.73. The smallest absolute Gasteiger partial charge is 0.312 e. The molecule has 11 atom stereocenters. The Labute approximate surface area is 202 Å². The van der Waals surface area contributed by atoms with Gasteiger partial charge in [-0.15, -0.1) is 11.6 Å². The summed E-state index contributed by atoms with van der Waals surface area (Å²) in [5.41, 5.74) is -5.33. The molecule has 0 aromatic carbocycles. The molecule has 2 saturated carbocycles. The molecule has 1 heterocycles. The zero-order valence-corrected chi connectivity index (χ0v) is 20.4. The Morgan fingerprint density at radius 1 is 1.12 bits per heavy atom. The number of carbonyl (C=O) groups excluding carboxylic acids is 4. The first kappa shape index (κ1) is 24.9. The summed E-state index contributed by atoms with van der Waals surface area (Å²) in [4.78, 5) is 50.5. The first-order valence-corrected chi connectivity index (χ1v) is 11.6. The minimum absolute atomic E-state index is 0.153. The maximum absolute atomic E-state index is 13.4. The van der Waals surface area contributed by atoms with Crippen molar-refractivity contribution in [1.29, 1.82) is 0 Å². The summed E-state index contributed by atoms with van der Waals surface area (Å²) in [5.74, 6) is -6.73. The van der Waals surface area contributed by atoms with Crippen molar-refractivity contribution in [1.82, 2.24) is 0 Å². The van der Waals surface area contributed by atoms with Crippen molar-refractivity contribution in [2.45, 2.75) is 69.5 Å². The van der Waals surface area contributed by atoms with Crippen LogP contribution in [0, 0.1) is 29.1 Å². The van der Waals surface area contributed by atoms with Gasteiger partial charge in [0.15, 0.2) is 17.5 Å². The van der Waals surface area contributed by atoms with Gasteiger partial charge in [0.05, 0.1) is 11.3 Å². The zero-order chi connectivity index (χ0) is 25.5. The molecule has 9 nitrogen and oxygen atoms in total. The summed E-state index contributed by atoms with van der Waals surface area (Å²) in [5, 5.41) is 22.4. The molecule has 0 radical (unpaired) electrons. The molecule has 0 unspecified atom stereocenters. The topological polar surface area (TPSA) is 136 Å². The van der Waals surface area contributed by atoms with E-state index in [2.05, 4.69) is 6.58 Å². The van der Waals surface area contributed by atoms with Crippen molar-refractivity contribution in [2.75, 3.05) is 0 Å². The molecule has 0 aromatic rings. The molecular formula is C24H29ClO9. The van der Waals surface area contributed by atoms with Crippen molar-refractivity contribution < 1.29 is 43.6 Å². The van der Waals surface area contributed by atoms with E-state index in [0.29, 0.717) is 0 Å². The minimum atomic E-state index is -2.22. The lowest BCUT2D eigenvalue weighted by Gasteiger charge is -2.48. The number of esters is 3. The van der Waals surface area contributed by atoms with E-state index in [-0.39, 0.29) is 5.57 Å². The van der Waals surface area contributed by atoms with Gasteiger partial charge in [0.2, 0.25) is 0 Å². The van der Waals surface area contributed by atoms with Crippen LogP contribution in [-0.4, -0.2) is 68.8 Å². The summed E-state index contributed by atoms with van der Waals surface area (Å²) < 4.78 is 16.8. The summed E-state index contributed by atoms with van der Waals surface area (Å²) in [6.07, 6.45) is -0.743. The third-order valence-corrected chi connectivity index (χ3v) is 8.87. The normalized spacial score (nSPS) is 49.5. The third-order valence-electron chi connectivity index (χ3n) is 8.36. The highest BCUT2D eigenvalue weighted by molar-refractivity contribution is 6.23. The number of ketones is 1. The van der Waals surface area contributed by atoms with Crippen LogP contribution >= 0.6 is 11.6 Å². The fraction of sp³-hybridized carbons (Fsp3) is 0.667. The average molecular weight is 497 g/mol. The molecule has 0 amide bonds. The van der Waals surface area contributed by atoms with Crippen molar-refractivity contribution in [2.24, 2.45) is 29.1 Å². The molecule has 1 saturated heterocycles. The number of rotatable bonds is 2. The van der Waals surface area contributed by atoms with Crippen LogP contribution in [0.15, 0.2) is 24.3 Å².